The summed E-state index contributed by atoms with van der Waals surface area (Å²) in [6.45, 7) is 0. The van der Waals surface area contributed by atoms with E-state index in [0.29, 0.717) is 12.8 Å². The third-order valence-electron chi connectivity index (χ3n) is 3.80. The lowest BCUT2D eigenvalue weighted by Gasteiger charge is -2.21. The molecule has 1 N–H and O–H groups in total. The van der Waals surface area contributed by atoms with E-state index in [1.54, 1.807) is 4.57 Å². The van der Waals surface area contributed by atoms with Crippen LogP contribution in [0.1, 0.15) is 37.1 Å². The van der Waals surface area contributed by atoms with Crippen molar-refractivity contribution in [2.24, 2.45) is 5.92 Å². The summed E-state index contributed by atoms with van der Waals surface area (Å²) in [6.07, 6.45) is 3.24. The van der Waals surface area contributed by atoms with Gasteiger partial charge in [0.25, 0.3) is 0 Å². The number of aliphatic hydroxyl groups excluding tert-OH is 1. The zero-order valence-electron chi connectivity index (χ0n) is 10.1. The van der Waals surface area contributed by atoms with Crippen LogP contribution in [0.15, 0.2) is 0 Å². The number of aromatic nitrogens is 3. The Hall–Kier alpha value is -0.950. The average Bonchev–Trinajstić information content (AvgIpc) is 2.85. The topological polar surface area (TPSA) is 85.1 Å². The number of hydrogen-bond acceptors (Lipinski definition) is 5. The molecule has 0 spiro atoms. The van der Waals surface area contributed by atoms with Crippen LogP contribution in [0.2, 0.25) is 0 Å². The van der Waals surface area contributed by atoms with Gasteiger partial charge in [-0.3, -0.25) is 4.57 Å². The molecule has 1 saturated heterocycles. The SMILES string of the molecule is O=S1(=O)CCC(Cc2nnc3n2C(O)CCC3)C1. The van der Waals surface area contributed by atoms with Crippen LogP contribution >= 0.6 is 0 Å². The predicted octanol–water partition coefficient (Wildman–Crippen LogP) is 0.0825. The van der Waals surface area contributed by atoms with Gasteiger partial charge in [0.05, 0.1) is 11.5 Å². The Morgan fingerprint density at radius 3 is 2.89 bits per heavy atom. The molecule has 0 radical (unpaired) electrons. The minimum absolute atomic E-state index is 0.123. The highest BCUT2D eigenvalue weighted by molar-refractivity contribution is 7.91. The Morgan fingerprint density at radius 2 is 2.17 bits per heavy atom. The summed E-state index contributed by atoms with van der Waals surface area (Å²) in [5.41, 5.74) is 0. The number of aliphatic hydroxyl groups is 1. The smallest absolute Gasteiger partial charge is 0.150 e. The molecule has 1 aromatic heterocycles. The molecular formula is C11H17N3O3S. The molecule has 2 unspecified atom stereocenters. The van der Waals surface area contributed by atoms with Gasteiger partial charge in [-0.25, -0.2) is 8.42 Å². The molecule has 0 bridgehead atoms. The fourth-order valence-corrected chi connectivity index (χ4v) is 4.74. The highest BCUT2D eigenvalue weighted by atomic mass is 32.2. The van der Waals surface area contributed by atoms with Gasteiger partial charge in [-0.1, -0.05) is 0 Å². The maximum Gasteiger partial charge on any atom is 0.150 e. The van der Waals surface area contributed by atoms with Gasteiger partial charge in [0.2, 0.25) is 0 Å². The summed E-state index contributed by atoms with van der Waals surface area (Å²) in [7, 11) is -2.85. The van der Waals surface area contributed by atoms with Crippen LogP contribution in [0.4, 0.5) is 0 Å². The molecule has 2 aliphatic heterocycles. The molecule has 2 atom stereocenters. The van der Waals surface area contributed by atoms with Crippen molar-refractivity contribution >= 4 is 9.84 Å². The van der Waals surface area contributed by atoms with Crippen molar-refractivity contribution in [2.75, 3.05) is 11.5 Å². The van der Waals surface area contributed by atoms with Crippen LogP contribution in [0, 0.1) is 5.92 Å². The first-order valence-electron chi connectivity index (χ1n) is 6.36. The van der Waals surface area contributed by atoms with Crippen LogP contribution < -0.4 is 0 Å². The van der Waals surface area contributed by atoms with E-state index in [0.717, 1.165) is 30.9 Å². The van der Waals surface area contributed by atoms with Crippen LogP contribution in [0.25, 0.3) is 0 Å². The second-order valence-corrected chi connectivity index (χ2v) is 7.48. The highest BCUT2D eigenvalue weighted by Crippen LogP contribution is 2.27. The van der Waals surface area contributed by atoms with Gasteiger partial charge in [-0.05, 0) is 25.2 Å². The summed E-state index contributed by atoms with van der Waals surface area (Å²) >= 11 is 0. The molecule has 1 fully saturated rings. The first kappa shape index (κ1) is 12.1. The van der Waals surface area contributed by atoms with Crippen LogP contribution in [-0.2, 0) is 22.7 Å². The lowest BCUT2D eigenvalue weighted by atomic mass is 10.0. The first-order valence-corrected chi connectivity index (χ1v) is 8.18. The third kappa shape index (κ3) is 2.16. The molecule has 6 nitrogen and oxygen atoms in total. The highest BCUT2D eigenvalue weighted by Gasteiger charge is 2.31. The van der Waals surface area contributed by atoms with E-state index in [4.69, 9.17) is 0 Å². The van der Waals surface area contributed by atoms with Crippen molar-refractivity contribution in [2.45, 2.75) is 38.3 Å². The zero-order chi connectivity index (χ0) is 12.8. The van der Waals surface area contributed by atoms with E-state index in [2.05, 4.69) is 10.2 Å². The van der Waals surface area contributed by atoms with Crippen LogP contribution in [-0.4, -0.2) is 39.8 Å². The Bertz CT molecular complexity index is 552. The molecule has 0 aliphatic carbocycles. The Morgan fingerprint density at radius 1 is 1.33 bits per heavy atom. The fraction of sp³-hybridized carbons (Fsp3) is 0.818. The van der Waals surface area contributed by atoms with E-state index in [9.17, 15) is 13.5 Å². The molecular weight excluding hydrogens is 254 g/mol. The maximum absolute atomic E-state index is 11.4. The number of aryl methyl sites for hydroxylation is 1. The van der Waals surface area contributed by atoms with E-state index < -0.39 is 16.1 Å². The third-order valence-corrected chi connectivity index (χ3v) is 5.63. The largest absolute Gasteiger partial charge is 0.373 e. The zero-order valence-corrected chi connectivity index (χ0v) is 10.9. The van der Waals surface area contributed by atoms with Crippen molar-refractivity contribution < 1.29 is 13.5 Å². The molecule has 2 aliphatic rings. The summed E-state index contributed by atoms with van der Waals surface area (Å²) in [5, 5.41) is 18.2. The van der Waals surface area contributed by atoms with Gasteiger partial charge in [0.1, 0.15) is 17.9 Å². The second-order valence-electron chi connectivity index (χ2n) is 5.25. The molecule has 18 heavy (non-hydrogen) atoms. The van der Waals surface area contributed by atoms with E-state index >= 15 is 0 Å². The quantitative estimate of drug-likeness (QED) is 0.823. The normalized spacial score (nSPS) is 30.3. The fourth-order valence-electron chi connectivity index (χ4n) is 2.88. The molecule has 7 heteroatoms. The minimum Gasteiger partial charge on any atom is -0.373 e. The summed E-state index contributed by atoms with van der Waals surface area (Å²) < 4.78 is 24.6. The van der Waals surface area contributed by atoms with Gasteiger partial charge >= 0.3 is 0 Å². The van der Waals surface area contributed by atoms with Gasteiger partial charge in [-0.15, -0.1) is 10.2 Å². The number of rotatable bonds is 2. The number of sulfone groups is 1. The van der Waals surface area contributed by atoms with Crippen molar-refractivity contribution in [3.63, 3.8) is 0 Å². The second kappa shape index (κ2) is 4.31. The number of hydrogen-bond donors (Lipinski definition) is 1. The van der Waals surface area contributed by atoms with Crippen LogP contribution in [0.3, 0.4) is 0 Å². The van der Waals surface area contributed by atoms with E-state index in [-0.39, 0.29) is 17.4 Å². The van der Waals surface area contributed by atoms with Crippen molar-refractivity contribution in [3.8, 4) is 0 Å². The Labute approximate surface area is 106 Å². The van der Waals surface area contributed by atoms with Crippen LogP contribution in [0.5, 0.6) is 0 Å². The van der Waals surface area contributed by atoms with Gasteiger partial charge in [-0.2, -0.15) is 0 Å². The number of nitrogens with zero attached hydrogens (tertiary/aromatic N) is 3. The lowest BCUT2D eigenvalue weighted by molar-refractivity contribution is 0.0744. The summed E-state index contributed by atoms with van der Waals surface area (Å²) in [4.78, 5) is 0. The molecule has 3 rings (SSSR count). The van der Waals surface area contributed by atoms with Gasteiger partial charge < -0.3 is 5.11 Å². The lowest BCUT2D eigenvalue weighted by Crippen LogP contribution is -2.21. The number of fused-ring (bicyclic) bond motifs is 1. The standard InChI is InChI=1S/C11H17N3O3S/c15-11-3-1-2-9-12-13-10(14(9)11)6-8-4-5-18(16,17)7-8/h8,11,15H,1-7H2. The monoisotopic (exact) mass is 271 g/mol. The summed E-state index contributed by atoms with van der Waals surface area (Å²) in [5.74, 6) is 2.20. The maximum atomic E-state index is 11.4. The first-order chi connectivity index (χ1) is 8.55. The molecule has 3 heterocycles. The molecule has 100 valence electrons. The van der Waals surface area contributed by atoms with Gasteiger partial charge in [0, 0.05) is 12.8 Å². The van der Waals surface area contributed by atoms with Crippen molar-refractivity contribution in [1.29, 1.82) is 0 Å². The van der Waals surface area contributed by atoms with Gasteiger partial charge in [0.15, 0.2) is 9.84 Å². The van der Waals surface area contributed by atoms with Crippen molar-refractivity contribution in [1.82, 2.24) is 14.8 Å². The Balaban J connectivity index is 1.80. The minimum atomic E-state index is -2.85. The summed E-state index contributed by atoms with van der Waals surface area (Å²) in [6, 6.07) is 0. The molecule has 0 aromatic carbocycles. The molecule has 1 aromatic rings. The predicted molar refractivity (Wildman–Crippen MR) is 64.7 cm³/mol. The Kier molecular flexibility index (Phi) is 2.90. The molecule has 0 amide bonds. The molecule has 0 saturated carbocycles. The van der Waals surface area contributed by atoms with Crippen molar-refractivity contribution in [3.05, 3.63) is 11.6 Å². The van der Waals surface area contributed by atoms with E-state index in [1.807, 2.05) is 0 Å². The average molecular weight is 271 g/mol. The van der Waals surface area contributed by atoms with E-state index in [1.165, 1.54) is 0 Å².